The van der Waals surface area contributed by atoms with Gasteiger partial charge in [-0.1, -0.05) is 30.3 Å². The van der Waals surface area contributed by atoms with Gasteiger partial charge in [-0.2, -0.15) is 4.39 Å². The topological polar surface area (TPSA) is 81.2 Å². The number of ether oxygens (including phenoxy) is 1. The number of halogens is 1. The molecule has 7 heteroatoms. The van der Waals surface area contributed by atoms with Gasteiger partial charge in [0.1, 0.15) is 0 Å². The van der Waals surface area contributed by atoms with Crippen LogP contribution in [0.1, 0.15) is 12.0 Å². The van der Waals surface area contributed by atoms with E-state index in [1.165, 1.54) is 0 Å². The Morgan fingerprint density at radius 3 is 2.68 bits per heavy atom. The van der Waals surface area contributed by atoms with Crippen LogP contribution in [-0.4, -0.2) is 22.1 Å². The molecule has 22 heavy (non-hydrogen) atoms. The smallest absolute Gasteiger partial charge is 0.328 e. The lowest BCUT2D eigenvalue weighted by Gasteiger charge is -2.06. The molecule has 0 spiro atoms. The molecule has 0 saturated heterocycles. The van der Waals surface area contributed by atoms with Crippen molar-refractivity contribution < 1.29 is 13.9 Å². The molecule has 1 aromatic heterocycles. The molecule has 0 aliphatic carbocycles. The van der Waals surface area contributed by atoms with Gasteiger partial charge in [-0.25, -0.2) is 4.79 Å². The summed E-state index contributed by atoms with van der Waals surface area (Å²) in [5.41, 5.74) is -0.788. The molecule has 0 amide bonds. The van der Waals surface area contributed by atoms with E-state index < -0.39 is 23.0 Å². The van der Waals surface area contributed by atoms with Crippen molar-refractivity contribution in [2.24, 2.45) is 0 Å². The zero-order valence-electron chi connectivity index (χ0n) is 11.8. The van der Waals surface area contributed by atoms with Crippen LogP contribution in [0.25, 0.3) is 0 Å². The summed E-state index contributed by atoms with van der Waals surface area (Å²) in [6.45, 7) is 0.175. The minimum Gasteiger partial charge on any atom is -0.465 e. The molecule has 2 aromatic rings. The molecule has 2 rings (SSSR count). The zero-order chi connectivity index (χ0) is 15.9. The van der Waals surface area contributed by atoms with Gasteiger partial charge in [-0.3, -0.25) is 19.1 Å². The van der Waals surface area contributed by atoms with E-state index in [1.54, 1.807) is 0 Å². The highest BCUT2D eigenvalue weighted by molar-refractivity contribution is 5.69. The molecule has 1 N–H and O–H groups in total. The van der Waals surface area contributed by atoms with Crippen molar-refractivity contribution in [2.75, 3.05) is 6.61 Å². The molecular formula is C15H15FN2O4. The molecule has 0 aliphatic heterocycles. The highest BCUT2D eigenvalue weighted by atomic mass is 19.1. The van der Waals surface area contributed by atoms with Crippen LogP contribution in [-0.2, 0) is 22.5 Å². The molecule has 0 saturated carbocycles. The fraction of sp³-hybridized carbons (Fsp3) is 0.267. The summed E-state index contributed by atoms with van der Waals surface area (Å²) < 4.78 is 19.0. The standard InChI is InChI=1S/C15H15FN2O4/c16-12-10-18(15(21)17-14(12)20)8-6-13(19)22-9-7-11-4-2-1-3-5-11/h1-5,10H,6-9H2,(H,17,20,21). The maximum Gasteiger partial charge on any atom is 0.328 e. The number of hydrogen-bond acceptors (Lipinski definition) is 4. The van der Waals surface area contributed by atoms with Crippen LogP contribution in [0.5, 0.6) is 0 Å². The highest BCUT2D eigenvalue weighted by Gasteiger charge is 2.07. The maximum absolute atomic E-state index is 13.1. The first kappa shape index (κ1) is 15.7. The van der Waals surface area contributed by atoms with Crippen LogP contribution in [0, 0.1) is 5.82 Å². The Labute approximate surface area is 125 Å². The first-order valence-electron chi connectivity index (χ1n) is 6.75. The van der Waals surface area contributed by atoms with Gasteiger partial charge in [0.25, 0.3) is 5.56 Å². The van der Waals surface area contributed by atoms with Crippen LogP contribution in [0.2, 0.25) is 0 Å². The summed E-state index contributed by atoms with van der Waals surface area (Å²) in [5.74, 6) is -1.56. The molecule has 0 aliphatic rings. The van der Waals surface area contributed by atoms with E-state index in [-0.39, 0.29) is 19.6 Å². The van der Waals surface area contributed by atoms with Crippen molar-refractivity contribution in [1.82, 2.24) is 9.55 Å². The van der Waals surface area contributed by atoms with Gasteiger partial charge in [-0.05, 0) is 5.56 Å². The second kappa shape index (κ2) is 7.35. The Morgan fingerprint density at radius 1 is 1.23 bits per heavy atom. The quantitative estimate of drug-likeness (QED) is 0.802. The Hall–Kier alpha value is -2.70. The van der Waals surface area contributed by atoms with E-state index in [1.807, 2.05) is 35.3 Å². The van der Waals surface area contributed by atoms with Crippen LogP contribution < -0.4 is 11.2 Å². The first-order chi connectivity index (χ1) is 10.6. The molecule has 0 fully saturated rings. The molecule has 0 radical (unpaired) electrons. The normalized spacial score (nSPS) is 10.4. The maximum atomic E-state index is 13.1. The predicted molar refractivity (Wildman–Crippen MR) is 77.0 cm³/mol. The van der Waals surface area contributed by atoms with E-state index >= 15 is 0 Å². The Kier molecular flexibility index (Phi) is 5.24. The van der Waals surface area contributed by atoms with E-state index in [0.29, 0.717) is 6.42 Å². The molecule has 116 valence electrons. The Morgan fingerprint density at radius 2 is 1.95 bits per heavy atom. The van der Waals surface area contributed by atoms with E-state index in [9.17, 15) is 18.8 Å². The lowest BCUT2D eigenvalue weighted by atomic mass is 10.2. The third kappa shape index (κ3) is 4.41. The fourth-order valence-corrected chi connectivity index (χ4v) is 1.86. The number of aryl methyl sites for hydroxylation is 1. The molecule has 1 heterocycles. The van der Waals surface area contributed by atoms with Crippen molar-refractivity contribution in [3.63, 3.8) is 0 Å². The molecule has 6 nitrogen and oxygen atoms in total. The second-order valence-electron chi connectivity index (χ2n) is 4.64. The number of nitrogens with one attached hydrogen (secondary N) is 1. The van der Waals surface area contributed by atoms with Crippen molar-refractivity contribution >= 4 is 5.97 Å². The summed E-state index contributed by atoms with van der Waals surface area (Å²) in [6.07, 6.45) is 1.29. The molecular weight excluding hydrogens is 291 g/mol. The number of aromatic nitrogens is 2. The van der Waals surface area contributed by atoms with Crippen molar-refractivity contribution in [3.05, 3.63) is 68.7 Å². The zero-order valence-corrected chi connectivity index (χ0v) is 11.8. The third-order valence-corrected chi connectivity index (χ3v) is 3.02. The minimum absolute atomic E-state index is 0.0588. The number of H-pyrrole nitrogens is 1. The number of nitrogens with zero attached hydrogens (tertiary/aromatic N) is 1. The number of benzene rings is 1. The molecule has 0 atom stereocenters. The van der Waals surface area contributed by atoms with Crippen LogP contribution in [0.15, 0.2) is 46.1 Å². The van der Waals surface area contributed by atoms with E-state index in [4.69, 9.17) is 4.74 Å². The summed E-state index contributed by atoms with van der Waals surface area (Å²) in [7, 11) is 0. The Balaban J connectivity index is 1.80. The van der Waals surface area contributed by atoms with Gasteiger partial charge in [0.15, 0.2) is 0 Å². The number of esters is 1. The number of carbonyl (C=O) groups is 1. The van der Waals surface area contributed by atoms with Gasteiger partial charge in [0.2, 0.25) is 5.82 Å². The SMILES string of the molecule is O=C(CCn1cc(F)c(=O)[nH]c1=O)OCCc1ccccc1. The van der Waals surface area contributed by atoms with Crippen molar-refractivity contribution in [1.29, 1.82) is 0 Å². The summed E-state index contributed by atoms with van der Waals surface area (Å²) in [6, 6.07) is 9.55. The van der Waals surface area contributed by atoms with Crippen LogP contribution >= 0.6 is 0 Å². The monoisotopic (exact) mass is 306 g/mol. The molecule has 1 aromatic carbocycles. The average Bonchev–Trinajstić information content (AvgIpc) is 2.50. The van der Waals surface area contributed by atoms with E-state index in [2.05, 4.69) is 0 Å². The lowest BCUT2D eigenvalue weighted by Crippen LogP contribution is -2.32. The summed E-state index contributed by atoms with van der Waals surface area (Å²) >= 11 is 0. The predicted octanol–water partition coefficient (Wildman–Crippen LogP) is 0.852. The highest BCUT2D eigenvalue weighted by Crippen LogP contribution is 2.00. The van der Waals surface area contributed by atoms with Crippen molar-refractivity contribution in [2.45, 2.75) is 19.4 Å². The van der Waals surface area contributed by atoms with E-state index in [0.717, 1.165) is 16.3 Å². The molecule has 0 bridgehead atoms. The summed E-state index contributed by atoms with van der Waals surface area (Å²) in [5, 5.41) is 0. The van der Waals surface area contributed by atoms with Crippen LogP contribution in [0.3, 0.4) is 0 Å². The summed E-state index contributed by atoms with van der Waals surface area (Å²) in [4.78, 5) is 35.6. The number of rotatable bonds is 6. The van der Waals surface area contributed by atoms with Crippen molar-refractivity contribution in [3.8, 4) is 0 Å². The lowest BCUT2D eigenvalue weighted by molar-refractivity contribution is -0.143. The van der Waals surface area contributed by atoms with Crippen LogP contribution in [0.4, 0.5) is 4.39 Å². The number of hydrogen-bond donors (Lipinski definition) is 1. The average molecular weight is 306 g/mol. The minimum atomic E-state index is -1.08. The van der Waals surface area contributed by atoms with Gasteiger partial charge in [0, 0.05) is 13.0 Å². The third-order valence-electron chi connectivity index (χ3n) is 3.02. The number of carbonyl (C=O) groups excluding carboxylic acids is 1. The second-order valence-corrected chi connectivity index (χ2v) is 4.64. The molecule has 0 unspecified atom stereocenters. The largest absolute Gasteiger partial charge is 0.465 e. The fourth-order valence-electron chi connectivity index (χ4n) is 1.86. The first-order valence-corrected chi connectivity index (χ1v) is 6.75. The Bertz CT molecular complexity index is 752. The van der Waals surface area contributed by atoms with Gasteiger partial charge in [0.05, 0.1) is 19.2 Å². The van der Waals surface area contributed by atoms with Gasteiger partial charge in [-0.15, -0.1) is 0 Å². The van der Waals surface area contributed by atoms with Gasteiger partial charge >= 0.3 is 11.7 Å². The van der Waals surface area contributed by atoms with Gasteiger partial charge < -0.3 is 4.74 Å². The number of aromatic amines is 1.